The van der Waals surface area contributed by atoms with Gasteiger partial charge in [-0.1, -0.05) is 0 Å². The highest BCUT2D eigenvalue weighted by atomic mass is 32.2. The van der Waals surface area contributed by atoms with Crippen LogP contribution < -0.4 is 32.7 Å². The van der Waals surface area contributed by atoms with Gasteiger partial charge in [-0.25, -0.2) is 4.79 Å². The number of carboxylic acids is 1. The van der Waals surface area contributed by atoms with E-state index in [1.165, 1.54) is 11.8 Å². The van der Waals surface area contributed by atoms with Crippen molar-refractivity contribution in [2.75, 3.05) is 18.6 Å². The van der Waals surface area contributed by atoms with Gasteiger partial charge in [0.05, 0.1) is 12.5 Å². The maximum absolute atomic E-state index is 12.9. The fourth-order valence-corrected chi connectivity index (χ4v) is 3.66. The van der Waals surface area contributed by atoms with E-state index in [1.54, 1.807) is 0 Å². The fourth-order valence-electron chi connectivity index (χ4n) is 3.19. The van der Waals surface area contributed by atoms with E-state index in [1.807, 2.05) is 6.26 Å². The molecule has 5 amide bonds. The van der Waals surface area contributed by atoms with E-state index in [0.717, 1.165) is 6.42 Å². The lowest BCUT2D eigenvalue weighted by molar-refractivity contribution is -0.144. The summed E-state index contributed by atoms with van der Waals surface area (Å²) in [6.45, 7) is 0.700. The third-order valence-corrected chi connectivity index (χ3v) is 5.60. The van der Waals surface area contributed by atoms with E-state index in [2.05, 4.69) is 21.3 Å². The zero-order valence-corrected chi connectivity index (χ0v) is 19.2. The summed E-state index contributed by atoms with van der Waals surface area (Å²) in [7, 11) is 0. The van der Waals surface area contributed by atoms with Crippen molar-refractivity contribution in [2.24, 2.45) is 11.5 Å². The Morgan fingerprint density at radius 2 is 1.58 bits per heavy atom. The maximum Gasteiger partial charge on any atom is 0.326 e. The number of rotatable bonds is 15. The Labute approximate surface area is 195 Å². The summed E-state index contributed by atoms with van der Waals surface area (Å²) in [5.74, 6) is -4.54. The molecule has 0 aliphatic carbocycles. The van der Waals surface area contributed by atoms with Gasteiger partial charge in [-0.2, -0.15) is 11.8 Å². The van der Waals surface area contributed by atoms with Crippen LogP contribution in [-0.2, 0) is 28.8 Å². The SMILES string of the molecule is CSCCC(NC(=O)C1CCCN1)C(=O)NC(CCC(N)=O)C(=O)NC(CC(N)=O)C(=O)O. The first-order chi connectivity index (χ1) is 15.5. The number of aliphatic carboxylic acids is 1. The Morgan fingerprint density at radius 1 is 0.970 bits per heavy atom. The van der Waals surface area contributed by atoms with Gasteiger partial charge in [0.1, 0.15) is 18.1 Å². The summed E-state index contributed by atoms with van der Waals surface area (Å²) in [6.07, 6.45) is 2.48. The molecule has 0 aromatic carbocycles. The van der Waals surface area contributed by atoms with E-state index in [0.29, 0.717) is 18.7 Å². The van der Waals surface area contributed by atoms with Crippen molar-refractivity contribution in [2.45, 2.75) is 62.7 Å². The standard InChI is InChI=1S/C19H32N6O7S/c1-33-8-6-12(24-16(28)10-3-2-7-22-10)18(30)23-11(4-5-14(20)26)17(29)25-13(19(31)32)9-15(21)27/h10-13,22H,2-9H2,1H3,(H2,20,26)(H2,21,27)(H,23,30)(H,24,28)(H,25,29)(H,31,32). The van der Waals surface area contributed by atoms with E-state index < -0.39 is 60.2 Å². The minimum absolute atomic E-state index is 0.205. The molecule has 0 radical (unpaired) electrons. The highest BCUT2D eigenvalue weighted by Gasteiger charge is 2.31. The smallest absolute Gasteiger partial charge is 0.326 e. The molecule has 186 valence electrons. The van der Waals surface area contributed by atoms with Gasteiger partial charge in [-0.15, -0.1) is 0 Å². The van der Waals surface area contributed by atoms with Crippen LogP contribution in [0.15, 0.2) is 0 Å². The molecule has 1 fully saturated rings. The van der Waals surface area contributed by atoms with Crippen LogP contribution in [0, 0.1) is 0 Å². The Bertz CT molecular complexity index is 744. The summed E-state index contributed by atoms with van der Waals surface area (Å²) in [4.78, 5) is 71.7. The molecule has 33 heavy (non-hydrogen) atoms. The van der Waals surface area contributed by atoms with Gasteiger partial charge in [-0.3, -0.25) is 24.0 Å². The van der Waals surface area contributed by atoms with Gasteiger partial charge in [0, 0.05) is 6.42 Å². The molecule has 4 atom stereocenters. The van der Waals surface area contributed by atoms with E-state index in [9.17, 15) is 33.9 Å². The van der Waals surface area contributed by atoms with Crippen LogP contribution in [0.1, 0.15) is 38.5 Å². The average molecular weight is 489 g/mol. The van der Waals surface area contributed by atoms with E-state index >= 15 is 0 Å². The quantitative estimate of drug-likeness (QED) is 0.126. The molecule has 4 unspecified atom stereocenters. The molecule has 0 saturated carbocycles. The Balaban J connectivity index is 2.93. The summed E-state index contributed by atoms with van der Waals surface area (Å²) >= 11 is 1.47. The second-order valence-electron chi connectivity index (χ2n) is 7.63. The van der Waals surface area contributed by atoms with Gasteiger partial charge in [0.15, 0.2) is 0 Å². The molecule has 14 heteroatoms. The molecule has 13 nitrogen and oxygen atoms in total. The predicted molar refractivity (Wildman–Crippen MR) is 120 cm³/mol. The molecule has 1 saturated heterocycles. The van der Waals surface area contributed by atoms with Gasteiger partial charge in [0.25, 0.3) is 0 Å². The van der Waals surface area contributed by atoms with E-state index in [4.69, 9.17) is 11.5 Å². The van der Waals surface area contributed by atoms with Crippen LogP contribution in [0.2, 0.25) is 0 Å². The highest BCUT2D eigenvalue weighted by molar-refractivity contribution is 7.98. The van der Waals surface area contributed by atoms with Gasteiger partial charge < -0.3 is 37.8 Å². The second kappa shape index (κ2) is 14.3. The molecule has 0 aromatic heterocycles. The molecule has 0 bridgehead atoms. The lowest BCUT2D eigenvalue weighted by Crippen LogP contribution is -2.57. The van der Waals surface area contributed by atoms with Gasteiger partial charge in [-0.05, 0) is 44.2 Å². The van der Waals surface area contributed by atoms with Crippen LogP contribution in [0.5, 0.6) is 0 Å². The third-order valence-electron chi connectivity index (χ3n) is 4.95. The molecule has 1 aliphatic heterocycles. The first-order valence-electron chi connectivity index (χ1n) is 10.5. The molecule has 9 N–H and O–H groups in total. The zero-order valence-electron chi connectivity index (χ0n) is 18.4. The first-order valence-corrected chi connectivity index (χ1v) is 11.9. The molecular formula is C19H32N6O7S. The Hall–Kier alpha value is -2.87. The number of hydrogen-bond acceptors (Lipinski definition) is 8. The van der Waals surface area contributed by atoms with Gasteiger partial charge >= 0.3 is 5.97 Å². The molecule has 1 aliphatic rings. The predicted octanol–water partition coefficient (Wildman–Crippen LogP) is -2.83. The van der Waals surface area contributed by atoms with Crippen molar-refractivity contribution in [3.8, 4) is 0 Å². The maximum atomic E-state index is 12.9. The monoisotopic (exact) mass is 488 g/mol. The fraction of sp³-hybridized carbons (Fsp3) is 0.684. The summed E-state index contributed by atoms with van der Waals surface area (Å²) in [5, 5.41) is 19.5. The number of hydrogen-bond donors (Lipinski definition) is 7. The largest absolute Gasteiger partial charge is 0.480 e. The Morgan fingerprint density at radius 3 is 2.06 bits per heavy atom. The number of carbonyl (C=O) groups excluding carboxylic acids is 5. The molecule has 1 heterocycles. The number of carbonyl (C=O) groups is 6. The number of amides is 5. The minimum atomic E-state index is -1.61. The lowest BCUT2D eigenvalue weighted by atomic mass is 10.1. The number of thioether (sulfide) groups is 1. The average Bonchev–Trinajstić information content (AvgIpc) is 3.27. The molecule has 0 spiro atoms. The molecule has 0 aromatic rings. The number of carboxylic acid groups (broad SMARTS) is 1. The second-order valence-corrected chi connectivity index (χ2v) is 8.61. The van der Waals surface area contributed by atoms with Crippen LogP contribution in [0.25, 0.3) is 0 Å². The van der Waals surface area contributed by atoms with Crippen molar-refractivity contribution in [3.05, 3.63) is 0 Å². The van der Waals surface area contributed by atoms with Gasteiger partial charge in [0.2, 0.25) is 29.5 Å². The van der Waals surface area contributed by atoms with Crippen LogP contribution >= 0.6 is 11.8 Å². The minimum Gasteiger partial charge on any atom is -0.480 e. The zero-order chi connectivity index (χ0) is 25.0. The van der Waals surface area contributed by atoms with E-state index in [-0.39, 0.29) is 25.2 Å². The third kappa shape index (κ3) is 10.5. The van der Waals surface area contributed by atoms with Crippen LogP contribution in [0.3, 0.4) is 0 Å². The van der Waals surface area contributed by atoms with Crippen molar-refractivity contribution in [3.63, 3.8) is 0 Å². The molecule has 1 rings (SSSR count). The lowest BCUT2D eigenvalue weighted by Gasteiger charge is -2.25. The number of primary amides is 2. The summed E-state index contributed by atoms with van der Waals surface area (Å²) < 4.78 is 0. The van der Waals surface area contributed by atoms with Crippen molar-refractivity contribution in [1.29, 1.82) is 0 Å². The number of nitrogens with two attached hydrogens (primary N) is 2. The van der Waals surface area contributed by atoms with Crippen molar-refractivity contribution < 1.29 is 33.9 Å². The normalized spacial score (nSPS) is 17.9. The number of nitrogens with one attached hydrogen (secondary N) is 4. The first kappa shape index (κ1) is 28.2. The topological polar surface area (TPSA) is 223 Å². The summed E-state index contributed by atoms with van der Waals surface area (Å²) in [6, 6.07) is -4.28. The molecular weight excluding hydrogens is 456 g/mol. The van der Waals surface area contributed by atoms with Crippen molar-refractivity contribution in [1.82, 2.24) is 21.3 Å². The highest BCUT2D eigenvalue weighted by Crippen LogP contribution is 2.08. The Kier molecular flexibility index (Phi) is 12.2. The van der Waals surface area contributed by atoms with Crippen LogP contribution in [0.4, 0.5) is 0 Å². The summed E-state index contributed by atoms with van der Waals surface area (Å²) in [5.41, 5.74) is 10.2. The van der Waals surface area contributed by atoms with Crippen LogP contribution in [-0.4, -0.2) is 83.3 Å². The van der Waals surface area contributed by atoms with Crippen molar-refractivity contribution >= 4 is 47.3 Å².